The molecule has 2 heteroatoms. The van der Waals surface area contributed by atoms with Crippen LogP contribution in [0.1, 0.15) is 11.1 Å². The molecular weight excluding hydrogens is 320 g/mol. The van der Waals surface area contributed by atoms with Crippen LogP contribution in [0.5, 0.6) is 11.5 Å². The first-order valence-electron chi connectivity index (χ1n) is 8.43. The molecule has 4 aromatic rings. The Labute approximate surface area is 153 Å². The van der Waals surface area contributed by atoms with Crippen molar-refractivity contribution < 1.29 is 9.47 Å². The number of methoxy groups -OCH3 is 2. The Hall–Kier alpha value is -3.44. The van der Waals surface area contributed by atoms with Gasteiger partial charge in [-0.2, -0.15) is 0 Å². The number of hydrogen-bond donors (Lipinski definition) is 0. The maximum Gasteiger partial charge on any atom is 0.119 e. The van der Waals surface area contributed by atoms with Gasteiger partial charge in [0.1, 0.15) is 11.5 Å². The third-order valence-corrected chi connectivity index (χ3v) is 4.45. The first kappa shape index (κ1) is 16.1. The van der Waals surface area contributed by atoms with Crippen LogP contribution < -0.4 is 9.47 Å². The van der Waals surface area contributed by atoms with E-state index in [1.54, 1.807) is 14.2 Å². The molecule has 0 saturated heterocycles. The fraction of sp³-hybridized carbons (Fsp3) is 0.0833. The fourth-order valence-electron chi connectivity index (χ4n) is 3.00. The number of ether oxygens (including phenoxy) is 2. The zero-order valence-electron chi connectivity index (χ0n) is 14.7. The second-order valence-corrected chi connectivity index (χ2v) is 6.11. The van der Waals surface area contributed by atoms with Crippen LogP contribution in [-0.2, 0) is 0 Å². The lowest BCUT2D eigenvalue weighted by Crippen LogP contribution is -1.84. The number of benzene rings is 4. The Balaban J connectivity index is 1.66. The molecule has 0 aromatic heterocycles. The topological polar surface area (TPSA) is 18.5 Å². The number of rotatable bonds is 2. The van der Waals surface area contributed by atoms with Crippen molar-refractivity contribution >= 4 is 21.5 Å². The summed E-state index contributed by atoms with van der Waals surface area (Å²) in [7, 11) is 3.36. The quantitative estimate of drug-likeness (QED) is 0.455. The molecule has 0 aliphatic carbocycles. The van der Waals surface area contributed by atoms with Gasteiger partial charge < -0.3 is 9.47 Å². The second-order valence-electron chi connectivity index (χ2n) is 6.11. The molecule has 0 N–H and O–H groups in total. The SMILES string of the molecule is COc1ccc2cc(C#Cc3ccc4cc(OC)ccc4c3)ccc2c1. The molecule has 126 valence electrons. The number of fused-ring (bicyclic) bond motifs is 2. The molecular formula is C24H18O2. The summed E-state index contributed by atoms with van der Waals surface area (Å²) in [5.41, 5.74) is 2.00. The van der Waals surface area contributed by atoms with Gasteiger partial charge in [0, 0.05) is 11.1 Å². The van der Waals surface area contributed by atoms with E-state index in [0.717, 1.165) is 44.2 Å². The first-order valence-corrected chi connectivity index (χ1v) is 8.43. The molecule has 0 spiro atoms. The highest BCUT2D eigenvalue weighted by Crippen LogP contribution is 2.23. The van der Waals surface area contributed by atoms with Crippen molar-refractivity contribution in [2.75, 3.05) is 14.2 Å². The van der Waals surface area contributed by atoms with Crippen LogP contribution in [0.25, 0.3) is 21.5 Å². The van der Waals surface area contributed by atoms with E-state index in [1.165, 1.54) is 0 Å². The Morgan fingerprint density at radius 1 is 0.500 bits per heavy atom. The lowest BCUT2D eigenvalue weighted by molar-refractivity contribution is 0.415. The lowest BCUT2D eigenvalue weighted by atomic mass is 10.1. The summed E-state index contributed by atoms with van der Waals surface area (Å²) < 4.78 is 10.5. The molecule has 0 bridgehead atoms. The summed E-state index contributed by atoms with van der Waals surface area (Å²) in [6.45, 7) is 0. The van der Waals surface area contributed by atoms with E-state index < -0.39 is 0 Å². The molecule has 0 saturated carbocycles. The molecule has 4 rings (SSSR count). The molecule has 4 aromatic carbocycles. The van der Waals surface area contributed by atoms with Gasteiger partial charge in [0.2, 0.25) is 0 Å². The van der Waals surface area contributed by atoms with Crippen molar-refractivity contribution in [3.05, 3.63) is 83.9 Å². The van der Waals surface area contributed by atoms with Crippen molar-refractivity contribution in [2.45, 2.75) is 0 Å². The van der Waals surface area contributed by atoms with E-state index in [0.29, 0.717) is 0 Å². The maximum absolute atomic E-state index is 5.27. The van der Waals surface area contributed by atoms with Gasteiger partial charge in [-0.15, -0.1) is 0 Å². The van der Waals surface area contributed by atoms with E-state index in [4.69, 9.17) is 9.47 Å². The molecule has 0 unspecified atom stereocenters. The predicted octanol–water partition coefficient (Wildman–Crippen LogP) is 5.41. The minimum Gasteiger partial charge on any atom is -0.497 e. The van der Waals surface area contributed by atoms with E-state index in [1.807, 2.05) is 36.4 Å². The van der Waals surface area contributed by atoms with Crippen LogP contribution in [0.15, 0.2) is 72.8 Å². The van der Waals surface area contributed by atoms with Gasteiger partial charge in [0.05, 0.1) is 14.2 Å². The Morgan fingerprint density at radius 3 is 1.31 bits per heavy atom. The average Bonchev–Trinajstić information content (AvgIpc) is 2.71. The van der Waals surface area contributed by atoms with Gasteiger partial charge in [0.15, 0.2) is 0 Å². The first-order chi connectivity index (χ1) is 12.7. The normalized spacial score (nSPS) is 10.4. The lowest BCUT2D eigenvalue weighted by Gasteiger charge is -2.03. The zero-order chi connectivity index (χ0) is 17.9. The molecule has 26 heavy (non-hydrogen) atoms. The van der Waals surface area contributed by atoms with Gasteiger partial charge >= 0.3 is 0 Å². The molecule has 2 nitrogen and oxygen atoms in total. The molecule has 0 heterocycles. The summed E-state index contributed by atoms with van der Waals surface area (Å²) in [6, 6.07) is 24.6. The second kappa shape index (κ2) is 6.82. The van der Waals surface area contributed by atoms with Crippen LogP contribution in [0.3, 0.4) is 0 Å². The zero-order valence-corrected chi connectivity index (χ0v) is 14.7. The van der Waals surface area contributed by atoms with Crippen molar-refractivity contribution in [1.82, 2.24) is 0 Å². The Morgan fingerprint density at radius 2 is 0.885 bits per heavy atom. The Kier molecular flexibility index (Phi) is 4.21. The maximum atomic E-state index is 5.27. The van der Waals surface area contributed by atoms with Crippen LogP contribution in [0.2, 0.25) is 0 Å². The molecule has 0 amide bonds. The van der Waals surface area contributed by atoms with Gasteiger partial charge in [-0.25, -0.2) is 0 Å². The average molecular weight is 338 g/mol. The summed E-state index contributed by atoms with van der Waals surface area (Å²) in [5, 5.41) is 4.61. The third kappa shape index (κ3) is 3.20. The van der Waals surface area contributed by atoms with E-state index in [2.05, 4.69) is 48.2 Å². The largest absolute Gasteiger partial charge is 0.497 e. The highest BCUT2D eigenvalue weighted by molar-refractivity contribution is 5.86. The molecule has 0 aliphatic rings. The number of hydrogen-bond acceptors (Lipinski definition) is 2. The summed E-state index contributed by atoms with van der Waals surface area (Å²) in [4.78, 5) is 0. The van der Waals surface area contributed by atoms with E-state index in [9.17, 15) is 0 Å². The van der Waals surface area contributed by atoms with Crippen molar-refractivity contribution in [3.8, 4) is 23.3 Å². The van der Waals surface area contributed by atoms with Crippen LogP contribution in [-0.4, -0.2) is 14.2 Å². The fourth-order valence-corrected chi connectivity index (χ4v) is 3.00. The van der Waals surface area contributed by atoms with E-state index >= 15 is 0 Å². The van der Waals surface area contributed by atoms with Gasteiger partial charge in [-0.3, -0.25) is 0 Å². The highest BCUT2D eigenvalue weighted by Gasteiger charge is 1.99. The Bertz CT molecular complexity index is 1070. The van der Waals surface area contributed by atoms with Gasteiger partial charge in [-0.05, 0) is 70.1 Å². The molecule has 0 fully saturated rings. The van der Waals surface area contributed by atoms with E-state index in [-0.39, 0.29) is 0 Å². The van der Waals surface area contributed by atoms with Crippen molar-refractivity contribution in [2.24, 2.45) is 0 Å². The molecule has 0 aliphatic heterocycles. The molecule has 0 atom stereocenters. The van der Waals surface area contributed by atoms with Gasteiger partial charge in [-0.1, -0.05) is 36.1 Å². The van der Waals surface area contributed by atoms with Gasteiger partial charge in [0.25, 0.3) is 0 Å². The minimum atomic E-state index is 0.865. The standard InChI is InChI=1S/C24H18O2/c1-25-23-11-9-19-13-17(5-7-21(19)15-23)3-4-18-6-8-22-16-24(26-2)12-10-20(22)14-18/h5-16H,1-2H3. The monoisotopic (exact) mass is 338 g/mol. The van der Waals surface area contributed by atoms with Crippen LogP contribution >= 0.6 is 0 Å². The predicted molar refractivity (Wildman–Crippen MR) is 107 cm³/mol. The van der Waals surface area contributed by atoms with Crippen LogP contribution in [0.4, 0.5) is 0 Å². The van der Waals surface area contributed by atoms with Crippen molar-refractivity contribution in [1.29, 1.82) is 0 Å². The summed E-state index contributed by atoms with van der Waals surface area (Å²) >= 11 is 0. The minimum absolute atomic E-state index is 0.865. The highest BCUT2D eigenvalue weighted by atomic mass is 16.5. The summed E-state index contributed by atoms with van der Waals surface area (Å²) in [6.07, 6.45) is 0. The van der Waals surface area contributed by atoms with Crippen molar-refractivity contribution in [3.63, 3.8) is 0 Å². The molecule has 0 radical (unpaired) electrons. The third-order valence-electron chi connectivity index (χ3n) is 4.45. The smallest absolute Gasteiger partial charge is 0.119 e. The van der Waals surface area contributed by atoms with Crippen LogP contribution in [0, 0.1) is 11.8 Å². The summed E-state index contributed by atoms with van der Waals surface area (Å²) in [5.74, 6) is 8.26.